The van der Waals surface area contributed by atoms with E-state index in [1.165, 1.54) is 13.5 Å². The summed E-state index contributed by atoms with van der Waals surface area (Å²) in [6.07, 6.45) is -0.659. The van der Waals surface area contributed by atoms with Crippen molar-refractivity contribution in [3.63, 3.8) is 0 Å². The lowest BCUT2D eigenvalue weighted by molar-refractivity contribution is -0.134. The zero-order chi connectivity index (χ0) is 21.2. The third kappa shape index (κ3) is 4.24. The van der Waals surface area contributed by atoms with Crippen molar-refractivity contribution in [2.24, 2.45) is 0 Å². The number of piperazine rings is 1. The number of para-hydroxylation sites is 2. The minimum absolute atomic E-state index is 0.0909. The molecule has 1 aromatic rings. The van der Waals surface area contributed by atoms with Crippen LogP contribution in [0.3, 0.4) is 0 Å². The molecule has 2 heterocycles. The van der Waals surface area contributed by atoms with Crippen molar-refractivity contribution in [3.8, 4) is 5.75 Å². The normalized spacial score (nSPS) is 20.6. The van der Waals surface area contributed by atoms with Crippen LogP contribution in [0.4, 0.5) is 5.69 Å². The Morgan fingerprint density at radius 3 is 2.38 bits per heavy atom. The Balaban J connectivity index is 1.65. The molecule has 3 rings (SSSR count). The van der Waals surface area contributed by atoms with Gasteiger partial charge < -0.3 is 9.64 Å². The van der Waals surface area contributed by atoms with Crippen LogP contribution < -0.4 is 9.64 Å². The highest BCUT2D eigenvalue weighted by atomic mass is 32.2. The number of fused-ring (bicyclic) bond motifs is 1. The molecule has 0 bridgehead atoms. The van der Waals surface area contributed by atoms with Gasteiger partial charge in [0, 0.05) is 39.3 Å². The number of nitrogens with zero attached hydrogens (tertiary/aromatic N) is 4. The van der Waals surface area contributed by atoms with Crippen LogP contribution in [0.2, 0.25) is 0 Å². The number of hydrogen-bond donors (Lipinski definition) is 0. The predicted molar refractivity (Wildman–Crippen MR) is 109 cm³/mol. The van der Waals surface area contributed by atoms with E-state index < -0.39 is 16.3 Å². The van der Waals surface area contributed by atoms with E-state index >= 15 is 0 Å². The van der Waals surface area contributed by atoms with Crippen LogP contribution in [-0.2, 0) is 19.8 Å². The second-order valence-electron chi connectivity index (χ2n) is 7.02. The molecule has 0 spiro atoms. The molecule has 1 saturated heterocycles. The average molecular weight is 425 g/mol. The van der Waals surface area contributed by atoms with Gasteiger partial charge in [0.25, 0.3) is 16.1 Å². The van der Waals surface area contributed by atoms with Gasteiger partial charge in [-0.1, -0.05) is 26.0 Å². The first-order chi connectivity index (χ1) is 13.8. The summed E-state index contributed by atoms with van der Waals surface area (Å²) in [6.45, 7) is 7.09. The van der Waals surface area contributed by atoms with Gasteiger partial charge in [-0.3, -0.25) is 14.5 Å². The minimum Gasteiger partial charge on any atom is -0.479 e. The minimum atomic E-state index is -3.51. The molecular weight excluding hydrogens is 396 g/mol. The second kappa shape index (κ2) is 8.68. The van der Waals surface area contributed by atoms with Crippen molar-refractivity contribution >= 4 is 27.7 Å². The monoisotopic (exact) mass is 424 g/mol. The molecule has 10 heteroatoms. The Bertz CT molecular complexity index is 863. The third-order valence-corrected chi connectivity index (χ3v) is 7.50. The van der Waals surface area contributed by atoms with Crippen molar-refractivity contribution in [1.29, 1.82) is 0 Å². The quantitative estimate of drug-likeness (QED) is 0.665. The fourth-order valence-electron chi connectivity index (χ4n) is 3.64. The maximum Gasteiger partial charge on any atom is 0.282 e. The van der Waals surface area contributed by atoms with Crippen LogP contribution in [-0.4, -0.2) is 85.7 Å². The van der Waals surface area contributed by atoms with Gasteiger partial charge >= 0.3 is 0 Å². The smallest absolute Gasteiger partial charge is 0.282 e. The standard InChI is InChI=1S/C19H28N4O5S/c1-4-21(5-2)29(26,27)22-12-10-20(11-13-22)18(24)14-23-16-8-6-7-9-17(16)28-15(3)19(23)25/h6-9,15H,4-5,10-14H2,1-3H3. The Kier molecular flexibility index (Phi) is 6.45. The average Bonchev–Trinajstić information content (AvgIpc) is 2.72. The summed E-state index contributed by atoms with van der Waals surface area (Å²) in [4.78, 5) is 28.5. The van der Waals surface area contributed by atoms with Gasteiger partial charge in [-0.15, -0.1) is 0 Å². The zero-order valence-corrected chi connectivity index (χ0v) is 17.9. The number of anilines is 1. The number of amides is 2. The third-order valence-electron chi connectivity index (χ3n) is 5.32. The molecule has 1 fully saturated rings. The highest BCUT2D eigenvalue weighted by molar-refractivity contribution is 7.86. The van der Waals surface area contributed by atoms with E-state index in [2.05, 4.69) is 0 Å². The van der Waals surface area contributed by atoms with Crippen molar-refractivity contribution < 1.29 is 22.7 Å². The second-order valence-corrected chi connectivity index (χ2v) is 8.95. The maximum atomic E-state index is 12.8. The molecule has 2 amide bonds. The van der Waals surface area contributed by atoms with Gasteiger partial charge in [0.1, 0.15) is 12.3 Å². The first-order valence-electron chi connectivity index (χ1n) is 9.89. The van der Waals surface area contributed by atoms with Crippen molar-refractivity contribution in [2.75, 3.05) is 50.7 Å². The van der Waals surface area contributed by atoms with Crippen molar-refractivity contribution in [2.45, 2.75) is 26.9 Å². The lowest BCUT2D eigenvalue weighted by atomic mass is 10.2. The summed E-state index contributed by atoms with van der Waals surface area (Å²) in [7, 11) is -3.51. The lowest BCUT2D eigenvalue weighted by Crippen LogP contribution is -2.56. The number of rotatable bonds is 6. The highest BCUT2D eigenvalue weighted by Crippen LogP contribution is 2.33. The van der Waals surface area contributed by atoms with E-state index in [0.29, 0.717) is 37.6 Å². The van der Waals surface area contributed by atoms with Gasteiger partial charge in [0.15, 0.2) is 6.10 Å². The summed E-state index contributed by atoms with van der Waals surface area (Å²) in [6, 6.07) is 7.13. The van der Waals surface area contributed by atoms with Gasteiger partial charge in [0.05, 0.1) is 5.69 Å². The topological polar surface area (TPSA) is 90.5 Å². The maximum absolute atomic E-state index is 12.8. The van der Waals surface area contributed by atoms with Gasteiger partial charge in [-0.2, -0.15) is 17.0 Å². The SMILES string of the molecule is CCN(CC)S(=O)(=O)N1CCN(C(=O)CN2C(=O)C(C)Oc3ccccc32)CC1. The molecule has 0 N–H and O–H groups in total. The molecule has 1 aromatic carbocycles. The van der Waals surface area contributed by atoms with E-state index in [1.807, 2.05) is 6.07 Å². The van der Waals surface area contributed by atoms with Crippen LogP contribution in [0.25, 0.3) is 0 Å². The molecule has 0 radical (unpaired) electrons. The van der Waals surface area contributed by atoms with E-state index in [9.17, 15) is 18.0 Å². The Morgan fingerprint density at radius 1 is 1.14 bits per heavy atom. The van der Waals surface area contributed by atoms with E-state index in [0.717, 1.165) is 0 Å². The molecule has 2 aliphatic heterocycles. The van der Waals surface area contributed by atoms with E-state index in [4.69, 9.17) is 4.74 Å². The lowest BCUT2D eigenvalue weighted by Gasteiger charge is -2.38. The highest BCUT2D eigenvalue weighted by Gasteiger charge is 2.36. The van der Waals surface area contributed by atoms with E-state index in [-0.39, 0.29) is 31.4 Å². The summed E-state index contributed by atoms with van der Waals surface area (Å²) in [5, 5.41) is 0. The fraction of sp³-hybridized carbons (Fsp3) is 0.579. The Labute approximate surface area is 172 Å². The predicted octanol–water partition coefficient (Wildman–Crippen LogP) is 0.531. The van der Waals surface area contributed by atoms with Crippen molar-refractivity contribution in [3.05, 3.63) is 24.3 Å². The van der Waals surface area contributed by atoms with Crippen LogP contribution >= 0.6 is 0 Å². The van der Waals surface area contributed by atoms with Crippen LogP contribution in [0.15, 0.2) is 24.3 Å². The molecule has 160 valence electrons. The molecule has 0 saturated carbocycles. The van der Waals surface area contributed by atoms with Gasteiger partial charge in [-0.05, 0) is 19.1 Å². The number of hydrogen-bond acceptors (Lipinski definition) is 5. The van der Waals surface area contributed by atoms with Gasteiger partial charge in [0.2, 0.25) is 5.91 Å². The number of carbonyl (C=O) groups is 2. The summed E-state index contributed by atoms with van der Waals surface area (Å²) in [5.74, 6) is 0.101. The molecular formula is C19H28N4O5S. The molecule has 0 aromatic heterocycles. The number of ether oxygens (including phenoxy) is 1. The molecule has 0 aliphatic carbocycles. The van der Waals surface area contributed by atoms with Crippen molar-refractivity contribution in [1.82, 2.24) is 13.5 Å². The Morgan fingerprint density at radius 2 is 1.76 bits per heavy atom. The largest absolute Gasteiger partial charge is 0.479 e. The first kappa shape index (κ1) is 21.5. The zero-order valence-electron chi connectivity index (χ0n) is 17.1. The fourth-order valence-corrected chi connectivity index (χ4v) is 5.24. The Hall–Kier alpha value is -2.17. The van der Waals surface area contributed by atoms with Crippen LogP contribution in [0, 0.1) is 0 Å². The summed E-state index contributed by atoms with van der Waals surface area (Å²) >= 11 is 0. The molecule has 29 heavy (non-hydrogen) atoms. The molecule has 2 aliphatic rings. The molecule has 9 nitrogen and oxygen atoms in total. The number of benzene rings is 1. The molecule has 1 atom stereocenters. The van der Waals surface area contributed by atoms with Gasteiger partial charge in [-0.25, -0.2) is 0 Å². The summed E-state index contributed by atoms with van der Waals surface area (Å²) < 4.78 is 33.7. The number of carbonyl (C=O) groups excluding carboxylic acids is 2. The molecule has 1 unspecified atom stereocenters. The van der Waals surface area contributed by atoms with Crippen LogP contribution in [0.1, 0.15) is 20.8 Å². The first-order valence-corrected chi connectivity index (χ1v) is 11.3. The summed E-state index contributed by atoms with van der Waals surface area (Å²) in [5.41, 5.74) is 0.576. The van der Waals surface area contributed by atoms with E-state index in [1.54, 1.807) is 43.9 Å². The van der Waals surface area contributed by atoms with Crippen LogP contribution in [0.5, 0.6) is 5.75 Å².